The first-order chi connectivity index (χ1) is 8.41. The molecular formula is C12H18N2O4. The third-order valence-electron chi connectivity index (χ3n) is 2.54. The summed E-state index contributed by atoms with van der Waals surface area (Å²) in [5.74, 6) is -0.625. The Morgan fingerprint density at radius 2 is 1.94 bits per heavy atom. The number of nitrogens with one attached hydrogen (secondary N) is 2. The quantitative estimate of drug-likeness (QED) is 0.746. The lowest BCUT2D eigenvalue weighted by molar-refractivity contribution is -0.140. The molecule has 6 heteroatoms. The summed E-state index contributed by atoms with van der Waals surface area (Å²) >= 11 is 0. The lowest BCUT2D eigenvalue weighted by atomic mass is 10.1. The van der Waals surface area contributed by atoms with Crippen molar-refractivity contribution in [2.24, 2.45) is 5.92 Å². The molecule has 0 radical (unpaired) electrons. The fraction of sp³-hybridized carbons (Fsp3) is 0.500. The standard InChI is InChI=1S/C12H18N2O4/c1-7(2)10(11(15)16)14-12(17)13-8(3)9-5-4-6-18-9/h4-8,10H,1-3H3,(H,15,16)(H2,13,14,17)/t8?,10-/m1/s1. The van der Waals surface area contributed by atoms with E-state index in [1.165, 1.54) is 6.26 Å². The van der Waals surface area contributed by atoms with Crippen molar-refractivity contribution in [3.8, 4) is 0 Å². The zero-order valence-corrected chi connectivity index (χ0v) is 10.6. The van der Waals surface area contributed by atoms with Gasteiger partial charge in [0, 0.05) is 0 Å². The minimum absolute atomic E-state index is 0.188. The maximum absolute atomic E-state index is 11.6. The van der Waals surface area contributed by atoms with Gasteiger partial charge in [-0.05, 0) is 25.0 Å². The van der Waals surface area contributed by atoms with Crippen LogP contribution < -0.4 is 10.6 Å². The van der Waals surface area contributed by atoms with E-state index in [2.05, 4.69) is 10.6 Å². The maximum atomic E-state index is 11.6. The Balaban J connectivity index is 2.53. The monoisotopic (exact) mass is 254 g/mol. The number of urea groups is 1. The summed E-state index contributed by atoms with van der Waals surface area (Å²) in [5.41, 5.74) is 0. The molecule has 0 aliphatic carbocycles. The molecule has 3 N–H and O–H groups in total. The van der Waals surface area contributed by atoms with Gasteiger partial charge >= 0.3 is 12.0 Å². The van der Waals surface area contributed by atoms with E-state index in [-0.39, 0.29) is 12.0 Å². The largest absolute Gasteiger partial charge is 0.480 e. The molecule has 0 aliphatic heterocycles. The predicted molar refractivity (Wildman–Crippen MR) is 65.1 cm³/mol. The van der Waals surface area contributed by atoms with Gasteiger partial charge in [0.2, 0.25) is 0 Å². The lowest BCUT2D eigenvalue weighted by Crippen LogP contribution is -2.49. The van der Waals surface area contributed by atoms with Crippen LogP contribution in [0.4, 0.5) is 4.79 Å². The highest BCUT2D eigenvalue weighted by Crippen LogP contribution is 2.12. The van der Waals surface area contributed by atoms with Crippen LogP contribution in [0.1, 0.15) is 32.6 Å². The number of carbonyl (C=O) groups excluding carboxylic acids is 1. The van der Waals surface area contributed by atoms with Crippen LogP contribution in [0.5, 0.6) is 0 Å². The molecule has 0 fully saturated rings. The lowest BCUT2D eigenvalue weighted by Gasteiger charge is -2.19. The van der Waals surface area contributed by atoms with Crippen molar-refractivity contribution in [2.45, 2.75) is 32.9 Å². The second kappa shape index (κ2) is 6.09. The number of hydrogen-bond donors (Lipinski definition) is 3. The van der Waals surface area contributed by atoms with E-state index >= 15 is 0 Å². The number of hydrogen-bond acceptors (Lipinski definition) is 3. The van der Waals surface area contributed by atoms with Gasteiger partial charge in [-0.3, -0.25) is 0 Å². The van der Waals surface area contributed by atoms with Gasteiger partial charge in [-0.1, -0.05) is 13.8 Å². The first kappa shape index (κ1) is 14.1. The molecule has 6 nitrogen and oxygen atoms in total. The summed E-state index contributed by atoms with van der Waals surface area (Å²) in [6, 6.07) is 1.71. The van der Waals surface area contributed by atoms with E-state index in [0.29, 0.717) is 5.76 Å². The first-order valence-corrected chi connectivity index (χ1v) is 5.75. The van der Waals surface area contributed by atoms with Crippen molar-refractivity contribution >= 4 is 12.0 Å². The molecule has 0 saturated heterocycles. The normalized spacial score (nSPS) is 14.0. The van der Waals surface area contributed by atoms with E-state index in [1.54, 1.807) is 32.9 Å². The predicted octanol–water partition coefficient (Wildman–Crippen LogP) is 1.75. The number of carboxylic acid groups (broad SMARTS) is 1. The Morgan fingerprint density at radius 3 is 2.39 bits per heavy atom. The van der Waals surface area contributed by atoms with Crippen LogP contribution in [0, 0.1) is 5.92 Å². The van der Waals surface area contributed by atoms with Crippen molar-refractivity contribution in [3.05, 3.63) is 24.2 Å². The Bertz CT molecular complexity index is 400. The van der Waals surface area contributed by atoms with Gasteiger partial charge in [-0.25, -0.2) is 9.59 Å². The van der Waals surface area contributed by atoms with Gasteiger partial charge in [-0.15, -0.1) is 0 Å². The van der Waals surface area contributed by atoms with Crippen LogP contribution in [-0.2, 0) is 4.79 Å². The fourth-order valence-corrected chi connectivity index (χ4v) is 1.50. The van der Waals surface area contributed by atoms with Crippen LogP contribution in [0.25, 0.3) is 0 Å². The number of rotatable bonds is 5. The topological polar surface area (TPSA) is 91.6 Å². The molecule has 0 aliphatic rings. The fourth-order valence-electron chi connectivity index (χ4n) is 1.50. The molecule has 0 spiro atoms. The van der Waals surface area contributed by atoms with Gasteiger partial charge in [0.05, 0.1) is 12.3 Å². The molecule has 0 aromatic carbocycles. The van der Waals surface area contributed by atoms with Gasteiger partial charge in [0.15, 0.2) is 0 Å². The van der Waals surface area contributed by atoms with Crippen LogP contribution in [0.2, 0.25) is 0 Å². The third kappa shape index (κ3) is 3.80. The van der Waals surface area contributed by atoms with E-state index in [0.717, 1.165) is 0 Å². The SMILES string of the molecule is CC(NC(=O)N[C@@H](C(=O)O)C(C)C)c1ccco1. The van der Waals surface area contributed by atoms with Gasteiger partial charge in [0.25, 0.3) is 0 Å². The second-order valence-corrected chi connectivity index (χ2v) is 4.41. The average molecular weight is 254 g/mol. The molecule has 1 rings (SSSR count). The minimum Gasteiger partial charge on any atom is -0.480 e. The highest BCUT2D eigenvalue weighted by molar-refractivity contribution is 5.82. The minimum atomic E-state index is -1.05. The van der Waals surface area contributed by atoms with Crippen molar-refractivity contribution < 1.29 is 19.1 Å². The zero-order valence-electron chi connectivity index (χ0n) is 10.6. The van der Waals surface area contributed by atoms with Crippen molar-refractivity contribution in [1.82, 2.24) is 10.6 Å². The number of carboxylic acids is 1. The highest BCUT2D eigenvalue weighted by Gasteiger charge is 2.24. The number of amides is 2. The summed E-state index contributed by atoms with van der Waals surface area (Å²) in [6.07, 6.45) is 1.51. The van der Waals surface area contributed by atoms with Crippen molar-refractivity contribution in [1.29, 1.82) is 0 Å². The van der Waals surface area contributed by atoms with E-state index in [1.807, 2.05) is 0 Å². The molecular weight excluding hydrogens is 236 g/mol. The molecule has 0 bridgehead atoms. The molecule has 1 unspecified atom stereocenters. The molecule has 100 valence electrons. The van der Waals surface area contributed by atoms with Gasteiger partial charge < -0.3 is 20.2 Å². The average Bonchev–Trinajstić information content (AvgIpc) is 2.78. The third-order valence-corrected chi connectivity index (χ3v) is 2.54. The highest BCUT2D eigenvalue weighted by atomic mass is 16.4. The van der Waals surface area contributed by atoms with Crippen molar-refractivity contribution in [2.75, 3.05) is 0 Å². The van der Waals surface area contributed by atoms with Crippen LogP contribution in [-0.4, -0.2) is 23.1 Å². The smallest absolute Gasteiger partial charge is 0.326 e. The Kier molecular flexibility index (Phi) is 4.76. The van der Waals surface area contributed by atoms with Crippen LogP contribution in [0.3, 0.4) is 0 Å². The summed E-state index contributed by atoms with van der Waals surface area (Å²) in [6.45, 7) is 5.22. The first-order valence-electron chi connectivity index (χ1n) is 5.75. The number of carbonyl (C=O) groups is 2. The molecule has 0 saturated carbocycles. The molecule has 2 amide bonds. The molecule has 1 heterocycles. The maximum Gasteiger partial charge on any atom is 0.326 e. The van der Waals surface area contributed by atoms with Crippen LogP contribution >= 0.6 is 0 Å². The van der Waals surface area contributed by atoms with Gasteiger partial charge in [0.1, 0.15) is 11.8 Å². The van der Waals surface area contributed by atoms with Gasteiger partial charge in [-0.2, -0.15) is 0 Å². The summed E-state index contributed by atoms with van der Waals surface area (Å²) in [7, 11) is 0. The summed E-state index contributed by atoms with van der Waals surface area (Å²) < 4.78 is 5.14. The molecule has 18 heavy (non-hydrogen) atoms. The number of aliphatic carboxylic acids is 1. The summed E-state index contributed by atoms with van der Waals surface area (Å²) in [5, 5.41) is 14.0. The molecule has 1 aromatic heterocycles. The van der Waals surface area contributed by atoms with E-state index in [9.17, 15) is 9.59 Å². The van der Waals surface area contributed by atoms with E-state index in [4.69, 9.17) is 9.52 Å². The Hall–Kier alpha value is -1.98. The molecule has 1 aromatic rings. The summed E-state index contributed by atoms with van der Waals surface area (Å²) in [4.78, 5) is 22.6. The second-order valence-electron chi connectivity index (χ2n) is 4.41. The zero-order chi connectivity index (χ0) is 13.7. The van der Waals surface area contributed by atoms with E-state index < -0.39 is 18.0 Å². The number of furan rings is 1. The van der Waals surface area contributed by atoms with Crippen molar-refractivity contribution in [3.63, 3.8) is 0 Å². The Labute approximate surface area is 105 Å². The van der Waals surface area contributed by atoms with Crippen LogP contribution in [0.15, 0.2) is 22.8 Å². The Morgan fingerprint density at radius 1 is 1.28 bits per heavy atom. The molecule has 2 atom stereocenters.